The lowest BCUT2D eigenvalue weighted by molar-refractivity contribution is -0.132. The molecule has 2 amide bonds. The minimum atomic E-state index is -3.20. The van der Waals surface area contributed by atoms with Gasteiger partial charge in [-0.1, -0.05) is 6.07 Å². The molecule has 1 fully saturated rings. The van der Waals surface area contributed by atoms with Crippen molar-refractivity contribution in [2.45, 2.75) is 37.5 Å². The van der Waals surface area contributed by atoms with Crippen molar-refractivity contribution in [3.8, 4) is 5.75 Å². The summed E-state index contributed by atoms with van der Waals surface area (Å²) in [5, 5.41) is 23.4. The predicted octanol–water partition coefficient (Wildman–Crippen LogP) is 1.55. The van der Waals surface area contributed by atoms with Crippen LogP contribution in [0.5, 0.6) is 5.75 Å². The number of halogens is 4. The molecule has 33 heavy (non-hydrogen) atoms. The Morgan fingerprint density at radius 2 is 2.00 bits per heavy atom. The summed E-state index contributed by atoms with van der Waals surface area (Å²) in [4.78, 5) is 39.2. The molecule has 2 aliphatic heterocycles. The van der Waals surface area contributed by atoms with Gasteiger partial charge in [0.05, 0.1) is 6.04 Å². The molecule has 4 rings (SSSR count). The second-order valence-electron chi connectivity index (χ2n) is 8.06. The van der Waals surface area contributed by atoms with Crippen LogP contribution in [0.25, 0.3) is 0 Å². The van der Waals surface area contributed by atoms with Crippen LogP contribution >= 0.6 is 0 Å². The van der Waals surface area contributed by atoms with Crippen LogP contribution < -0.4 is 10.7 Å². The fraction of sp³-hybridized carbons (Fsp3) is 0.381. The quantitative estimate of drug-likeness (QED) is 0.589. The number of alkyl halides is 2. The summed E-state index contributed by atoms with van der Waals surface area (Å²) in [6.45, 7) is -0.704. The third-order valence-corrected chi connectivity index (χ3v) is 6.09. The Labute approximate surface area is 184 Å². The maximum Gasteiger partial charge on any atom is 0.274 e. The average Bonchev–Trinajstić information content (AvgIpc) is 2.91. The zero-order valence-electron chi connectivity index (χ0n) is 17.0. The standard InChI is InChI=1S/C21H19F4N3O5/c22-11-3-2-10(13(23)6-11)7-26-18(31)12-8-28-14-9-27(5-1-4-21(14,33)20(24)25)19(32)15(28)17(30)16(12)29/h2-3,6,8,14,20,30,33H,1,4-5,7,9H2,(H,26,31)/t14-,21?/m1/s1. The van der Waals surface area contributed by atoms with Crippen LogP contribution in [0.1, 0.15) is 45.3 Å². The van der Waals surface area contributed by atoms with Crippen molar-refractivity contribution in [1.29, 1.82) is 0 Å². The molecule has 2 aromatic rings. The number of aliphatic hydroxyl groups is 1. The molecule has 0 spiro atoms. The Morgan fingerprint density at radius 1 is 1.27 bits per heavy atom. The first kappa shape index (κ1) is 22.8. The van der Waals surface area contributed by atoms with Crippen LogP contribution in [0.3, 0.4) is 0 Å². The molecule has 176 valence electrons. The SMILES string of the molecule is O=C(NCc1ccc(F)cc1F)c1cn2c(c(O)c1=O)C(=O)N1CCCC(O)(C(F)F)[C@H]2C1. The summed E-state index contributed by atoms with van der Waals surface area (Å²) < 4.78 is 55.4. The number of carbonyl (C=O) groups is 2. The molecule has 2 atom stereocenters. The first-order valence-electron chi connectivity index (χ1n) is 10.0. The number of hydrogen-bond acceptors (Lipinski definition) is 5. The molecular weight excluding hydrogens is 450 g/mol. The topological polar surface area (TPSA) is 112 Å². The number of amides is 2. The van der Waals surface area contributed by atoms with Crippen molar-refractivity contribution in [3.63, 3.8) is 0 Å². The zero-order chi connectivity index (χ0) is 24.1. The van der Waals surface area contributed by atoms with Crippen LogP contribution in [-0.4, -0.2) is 56.6 Å². The molecule has 1 aromatic carbocycles. The molecule has 2 aliphatic rings. The summed E-state index contributed by atoms with van der Waals surface area (Å²) in [5.41, 5.74) is -5.18. The maximum atomic E-state index is 13.8. The molecule has 1 aromatic heterocycles. The zero-order valence-corrected chi connectivity index (χ0v) is 17.0. The van der Waals surface area contributed by atoms with Gasteiger partial charge < -0.3 is 25.0 Å². The van der Waals surface area contributed by atoms with Gasteiger partial charge >= 0.3 is 0 Å². The van der Waals surface area contributed by atoms with Crippen molar-refractivity contribution >= 4 is 11.8 Å². The van der Waals surface area contributed by atoms with E-state index in [2.05, 4.69) is 5.32 Å². The second kappa shape index (κ2) is 8.18. The number of rotatable bonds is 4. The number of carbonyl (C=O) groups excluding carboxylic acids is 2. The number of pyridine rings is 1. The summed E-state index contributed by atoms with van der Waals surface area (Å²) in [5.74, 6) is -4.76. The first-order valence-corrected chi connectivity index (χ1v) is 10.0. The molecule has 12 heteroatoms. The molecule has 1 unspecified atom stereocenters. The monoisotopic (exact) mass is 469 g/mol. The molecule has 0 radical (unpaired) electrons. The molecule has 3 N–H and O–H groups in total. The van der Waals surface area contributed by atoms with Crippen LogP contribution in [0.4, 0.5) is 17.6 Å². The van der Waals surface area contributed by atoms with Gasteiger partial charge in [-0.3, -0.25) is 14.4 Å². The molecular formula is C21H19F4N3O5. The number of aromatic nitrogens is 1. The number of benzene rings is 1. The molecule has 2 bridgehead atoms. The smallest absolute Gasteiger partial charge is 0.274 e. The van der Waals surface area contributed by atoms with Crippen LogP contribution in [-0.2, 0) is 6.54 Å². The fourth-order valence-corrected chi connectivity index (χ4v) is 4.27. The van der Waals surface area contributed by atoms with Gasteiger partial charge in [0.15, 0.2) is 11.4 Å². The van der Waals surface area contributed by atoms with Crippen molar-refractivity contribution in [2.75, 3.05) is 13.1 Å². The average molecular weight is 469 g/mol. The molecule has 0 saturated carbocycles. The van der Waals surface area contributed by atoms with Crippen molar-refractivity contribution < 1.29 is 37.4 Å². The van der Waals surface area contributed by atoms with Gasteiger partial charge in [-0.15, -0.1) is 0 Å². The highest BCUT2D eigenvalue weighted by molar-refractivity contribution is 5.99. The number of hydrogen-bond donors (Lipinski definition) is 3. The number of fused-ring (bicyclic) bond motifs is 4. The summed E-state index contributed by atoms with van der Waals surface area (Å²) in [6, 6.07) is 1.23. The van der Waals surface area contributed by atoms with Gasteiger partial charge in [0.1, 0.15) is 22.8 Å². The minimum absolute atomic E-state index is 0.0451. The van der Waals surface area contributed by atoms with Crippen molar-refractivity contribution in [1.82, 2.24) is 14.8 Å². The lowest BCUT2D eigenvalue weighted by Gasteiger charge is -2.41. The van der Waals surface area contributed by atoms with E-state index in [0.29, 0.717) is 6.07 Å². The van der Waals surface area contributed by atoms with Gasteiger partial charge in [0.25, 0.3) is 18.2 Å². The maximum absolute atomic E-state index is 13.8. The number of nitrogens with one attached hydrogen (secondary N) is 1. The highest BCUT2D eigenvalue weighted by atomic mass is 19.3. The molecule has 0 aliphatic carbocycles. The van der Waals surface area contributed by atoms with E-state index in [4.69, 9.17) is 0 Å². The molecule has 3 heterocycles. The van der Waals surface area contributed by atoms with E-state index < -0.39 is 70.5 Å². The fourth-order valence-electron chi connectivity index (χ4n) is 4.27. The van der Waals surface area contributed by atoms with E-state index in [-0.39, 0.29) is 31.5 Å². The van der Waals surface area contributed by atoms with E-state index in [0.717, 1.165) is 27.8 Å². The third-order valence-electron chi connectivity index (χ3n) is 6.09. The first-order chi connectivity index (χ1) is 15.5. The van der Waals surface area contributed by atoms with Gasteiger partial charge in [-0.2, -0.15) is 0 Å². The number of aromatic hydroxyl groups is 1. The normalized spacial score (nSPS) is 22.2. The highest BCUT2D eigenvalue weighted by Crippen LogP contribution is 2.41. The van der Waals surface area contributed by atoms with E-state index in [1.807, 2.05) is 0 Å². The highest BCUT2D eigenvalue weighted by Gasteiger charge is 2.52. The summed E-state index contributed by atoms with van der Waals surface area (Å²) >= 11 is 0. The minimum Gasteiger partial charge on any atom is -0.503 e. The largest absolute Gasteiger partial charge is 0.503 e. The lowest BCUT2D eigenvalue weighted by Crippen LogP contribution is -2.53. The Morgan fingerprint density at radius 3 is 2.67 bits per heavy atom. The third kappa shape index (κ3) is 3.73. The van der Waals surface area contributed by atoms with E-state index in [1.165, 1.54) is 0 Å². The summed E-state index contributed by atoms with van der Waals surface area (Å²) in [7, 11) is 0. The molecule has 8 nitrogen and oxygen atoms in total. The van der Waals surface area contributed by atoms with Crippen LogP contribution in [0.15, 0.2) is 29.2 Å². The second-order valence-corrected chi connectivity index (χ2v) is 8.06. The number of nitrogens with zero attached hydrogens (tertiary/aromatic N) is 2. The van der Waals surface area contributed by atoms with Gasteiger partial charge in [-0.25, -0.2) is 17.6 Å². The van der Waals surface area contributed by atoms with Gasteiger partial charge in [-0.05, 0) is 18.9 Å². The Balaban J connectivity index is 1.74. The van der Waals surface area contributed by atoms with Crippen LogP contribution in [0, 0.1) is 11.6 Å². The molecule has 1 saturated heterocycles. The Hall–Kier alpha value is -3.41. The van der Waals surface area contributed by atoms with Crippen molar-refractivity contribution in [3.05, 3.63) is 63.1 Å². The van der Waals surface area contributed by atoms with E-state index in [9.17, 15) is 42.2 Å². The van der Waals surface area contributed by atoms with Gasteiger partial charge in [0.2, 0.25) is 5.43 Å². The Bertz CT molecular complexity index is 1200. The van der Waals surface area contributed by atoms with Crippen molar-refractivity contribution in [2.24, 2.45) is 0 Å². The van der Waals surface area contributed by atoms with Crippen LogP contribution in [0.2, 0.25) is 0 Å². The lowest BCUT2D eigenvalue weighted by atomic mass is 9.88. The van der Waals surface area contributed by atoms with E-state index >= 15 is 0 Å². The predicted molar refractivity (Wildman–Crippen MR) is 105 cm³/mol. The summed E-state index contributed by atoms with van der Waals surface area (Å²) in [6.07, 6.45) is -2.65. The van der Waals surface area contributed by atoms with Gasteiger partial charge in [0, 0.05) is 37.5 Å². The Kier molecular flexibility index (Phi) is 5.64. The van der Waals surface area contributed by atoms with E-state index in [1.54, 1.807) is 0 Å².